The third-order valence-electron chi connectivity index (χ3n) is 1.62. The summed E-state index contributed by atoms with van der Waals surface area (Å²) >= 11 is 1.59. The van der Waals surface area contributed by atoms with E-state index in [4.69, 9.17) is 0 Å². The molecule has 3 heteroatoms. The first-order chi connectivity index (χ1) is 6.77. The van der Waals surface area contributed by atoms with E-state index < -0.39 is 0 Å². The Morgan fingerprint density at radius 3 is 2.86 bits per heavy atom. The molecule has 0 amide bonds. The van der Waals surface area contributed by atoms with Gasteiger partial charge < -0.3 is 5.32 Å². The first kappa shape index (κ1) is 10.7. The van der Waals surface area contributed by atoms with Crippen LogP contribution in [-0.4, -0.2) is 11.5 Å². The zero-order chi connectivity index (χ0) is 10.4. The molecule has 0 radical (unpaired) electrons. The van der Waals surface area contributed by atoms with Crippen molar-refractivity contribution in [2.75, 3.05) is 11.9 Å². The third kappa shape index (κ3) is 2.85. The molecule has 0 bridgehead atoms. The molecule has 0 aromatic carbocycles. The number of allylic oxidation sites excluding steroid dienone is 1. The molecular formula is C11H14N2S. The van der Waals surface area contributed by atoms with E-state index in [1.165, 1.54) is 0 Å². The first-order valence-corrected chi connectivity index (χ1v) is 5.23. The minimum Gasteiger partial charge on any atom is -0.361 e. The predicted molar refractivity (Wildman–Crippen MR) is 64.9 cm³/mol. The largest absolute Gasteiger partial charge is 0.361 e. The van der Waals surface area contributed by atoms with Gasteiger partial charge in [0.15, 0.2) is 5.13 Å². The van der Waals surface area contributed by atoms with Gasteiger partial charge in [-0.3, -0.25) is 0 Å². The van der Waals surface area contributed by atoms with Gasteiger partial charge in [-0.1, -0.05) is 36.6 Å². The average molecular weight is 206 g/mol. The van der Waals surface area contributed by atoms with Gasteiger partial charge in [0.2, 0.25) is 0 Å². The minimum absolute atomic E-state index is 0.802. The highest BCUT2D eigenvalue weighted by Gasteiger charge is 1.95. The number of thiazole rings is 1. The second kappa shape index (κ2) is 5.40. The van der Waals surface area contributed by atoms with E-state index in [0.29, 0.717) is 0 Å². The van der Waals surface area contributed by atoms with Crippen LogP contribution in [0, 0.1) is 0 Å². The number of anilines is 1. The lowest BCUT2D eigenvalue weighted by Crippen LogP contribution is -2.17. The molecule has 74 valence electrons. The van der Waals surface area contributed by atoms with Crippen LogP contribution in [0.3, 0.4) is 0 Å². The van der Waals surface area contributed by atoms with Crippen LogP contribution in [0.4, 0.5) is 5.13 Å². The SMILES string of the molecule is C=C/C=c1/sc(NCCC=C)nc1=C. The Bertz CT molecular complexity index is 417. The summed E-state index contributed by atoms with van der Waals surface area (Å²) in [4.78, 5) is 4.28. The maximum absolute atomic E-state index is 4.28. The van der Waals surface area contributed by atoms with Crippen LogP contribution in [0.25, 0.3) is 12.7 Å². The molecule has 0 fully saturated rings. The number of aromatic nitrogens is 1. The number of hydrogen-bond donors (Lipinski definition) is 1. The molecule has 1 aromatic rings. The molecule has 0 aliphatic carbocycles. The summed E-state index contributed by atoms with van der Waals surface area (Å²) in [5, 5.41) is 4.92. The number of rotatable bonds is 5. The lowest BCUT2D eigenvalue weighted by Gasteiger charge is -1.96. The summed E-state index contributed by atoms with van der Waals surface area (Å²) in [5.41, 5.74) is 0. The van der Waals surface area contributed by atoms with Gasteiger partial charge in [-0.2, -0.15) is 0 Å². The van der Waals surface area contributed by atoms with Gasteiger partial charge in [0.1, 0.15) is 0 Å². The van der Waals surface area contributed by atoms with E-state index in [0.717, 1.165) is 28.0 Å². The van der Waals surface area contributed by atoms with Gasteiger partial charge in [-0.15, -0.1) is 6.58 Å². The van der Waals surface area contributed by atoms with Crippen LogP contribution in [0.15, 0.2) is 25.3 Å². The molecule has 14 heavy (non-hydrogen) atoms. The van der Waals surface area contributed by atoms with Crippen molar-refractivity contribution in [1.29, 1.82) is 0 Å². The van der Waals surface area contributed by atoms with E-state index in [9.17, 15) is 0 Å². The average Bonchev–Trinajstić information content (AvgIpc) is 2.49. The van der Waals surface area contributed by atoms with Crippen molar-refractivity contribution in [2.24, 2.45) is 0 Å². The Kier molecular flexibility index (Phi) is 4.13. The Morgan fingerprint density at radius 1 is 1.43 bits per heavy atom. The minimum atomic E-state index is 0.802. The van der Waals surface area contributed by atoms with Crippen LogP contribution in [0.5, 0.6) is 0 Å². The van der Waals surface area contributed by atoms with Crippen LogP contribution >= 0.6 is 11.3 Å². The highest BCUT2D eigenvalue weighted by atomic mass is 32.1. The molecule has 0 saturated heterocycles. The molecule has 1 heterocycles. The highest BCUT2D eigenvalue weighted by molar-refractivity contribution is 7.13. The maximum atomic E-state index is 4.28. The summed E-state index contributed by atoms with van der Waals surface area (Å²) in [6, 6.07) is 0. The molecule has 0 aliphatic rings. The first-order valence-electron chi connectivity index (χ1n) is 4.41. The van der Waals surface area contributed by atoms with E-state index >= 15 is 0 Å². The molecule has 1 N–H and O–H groups in total. The third-order valence-corrected chi connectivity index (χ3v) is 2.64. The van der Waals surface area contributed by atoms with E-state index in [1.807, 2.05) is 12.2 Å². The van der Waals surface area contributed by atoms with Crippen molar-refractivity contribution in [3.63, 3.8) is 0 Å². The summed E-state index contributed by atoms with van der Waals surface area (Å²) in [5.74, 6) is 0. The quantitative estimate of drug-likeness (QED) is 0.583. The normalized spacial score (nSPS) is 11.3. The van der Waals surface area contributed by atoms with Crippen LogP contribution in [0.2, 0.25) is 0 Å². The summed E-state index contributed by atoms with van der Waals surface area (Å²) < 4.78 is 1.06. The van der Waals surface area contributed by atoms with Gasteiger partial charge in [0.25, 0.3) is 0 Å². The van der Waals surface area contributed by atoms with Crippen molar-refractivity contribution < 1.29 is 0 Å². The second-order valence-corrected chi connectivity index (χ2v) is 3.77. The van der Waals surface area contributed by atoms with Crippen molar-refractivity contribution in [3.05, 3.63) is 35.2 Å². The van der Waals surface area contributed by atoms with Crippen LogP contribution in [-0.2, 0) is 0 Å². The Hall–Kier alpha value is -1.35. The predicted octanol–water partition coefficient (Wildman–Crippen LogP) is 1.51. The summed E-state index contributed by atoms with van der Waals surface area (Å²) in [6.07, 6.45) is 6.48. The van der Waals surface area contributed by atoms with Gasteiger partial charge in [-0.25, -0.2) is 4.98 Å². The van der Waals surface area contributed by atoms with Gasteiger partial charge in [0.05, 0.1) is 9.88 Å². The Labute approximate surface area is 88.0 Å². The molecule has 0 spiro atoms. The van der Waals surface area contributed by atoms with Crippen molar-refractivity contribution in [1.82, 2.24) is 4.98 Å². The second-order valence-electron chi connectivity index (χ2n) is 2.74. The Morgan fingerprint density at radius 2 is 2.21 bits per heavy atom. The molecule has 1 rings (SSSR count). The highest BCUT2D eigenvalue weighted by Crippen LogP contribution is 2.02. The Balaban J connectivity index is 2.76. The smallest absolute Gasteiger partial charge is 0.183 e. The molecule has 0 unspecified atom stereocenters. The number of nitrogens with one attached hydrogen (secondary N) is 1. The van der Waals surface area contributed by atoms with E-state index in [2.05, 4.69) is 30.0 Å². The zero-order valence-electron chi connectivity index (χ0n) is 8.12. The van der Waals surface area contributed by atoms with Crippen molar-refractivity contribution in [3.8, 4) is 0 Å². The fourth-order valence-electron chi connectivity index (χ4n) is 0.958. The van der Waals surface area contributed by atoms with Crippen molar-refractivity contribution >= 4 is 29.1 Å². The van der Waals surface area contributed by atoms with Gasteiger partial charge in [0, 0.05) is 6.54 Å². The standard InChI is InChI=1S/C11H14N2S/c1-4-6-8-12-11-13-9(3)10(14-11)7-5-2/h4-5,7H,1-3,6,8H2,(H,12,13)/b10-7+. The topological polar surface area (TPSA) is 24.9 Å². The molecule has 0 saturated carbocycles. The maximum Gasteiger partial charge on any atom is 0.183 e. The summed E-state index contributed by atoms with van der Waals surface area (Å²) in [6.45, 7) is 12.0. The molecular weight excluding hydrogens is 192 g/mol. The lowest BCUT2D eigenvalue weighted by atomic mass is 10.4. The number of nitrogens with zero attached hydrogens (tertiary/aromatic N) is 1. The van der Waals surface area contributed by atoms with Crippen LogP contribution in [0.1, 0.15) is 6.42 Å². The van der Waals surface area contributed by atoms with E-state index in [1.54, 1.807) is 17.4 Å². The summed E-state index contributed by atoms with van der Waals surface area (Å²) in [7, 11) is 0. The monoisotopic (exact) mass is 206 g/mol. The molecule has 0 atom stereocenters. The fraction of sp³-hybridized carbons (Fsp3) is 0.182. The van der Waals surface area contributed by atoms with Gasteiger partial charge in [-0.05, 0) is 12.5 Å². The van der Waals surface area contributed by atoms with Crippen LogP contribution < -0.4 is 15.2 Å². The van der Waals surface area contributed by atoms with Crippen molar-refractivity contribution in [2.45, 2.75) is 6.42 Å². The molecule has 2 nitrogen and oxygen atoms in total. The molecule has 0 aliphatic heterocycles. The van der Waals surface area contributed by atoms with E-state index in [-0.39, 0.29) is 0 Å². The molecule has 1 aromatic heterocycles. The number of hydrogen-bond acceptors (Lipinski definition) is 3. The fourth-order valence-corrected chi connectivity index (χ4v) is 1.82. The zero-order valence-corrected chi connectivity index (χ0v) is 8.94. The van der Waals surface area contributed by atoms with Gasteiger partial charge >= 0.3 is 0 Å². The lowest BCUT2D eigenvalue weighted by molar-refractivity contribution is 1.06.